The molecule has 0 saturated carbocycles. The molecule has 0 aliphatic heterocycles. The number of hydrogen-bond acceptors (Lipinski definition) is 3. The van der Waals surface area contributed by atoms with Crippen molar-refractivity contribution in [3.63, 3.8) is 0 Å². The Labute approximate surface area is 121 Å². The maximum absolute atomic E-state index is 13.5. The van der Waals surface area contributed by atoms with Crippen LogP contribution in [0, 0.1) is 5.82 Å². The van der Waals surface area contributed by atoms with Crippen LogP contribution in [0.2, 0.25) is 4.34 Å². The number of thiophene rings is 1. The van der Waals surface area contributed by atoms with Crippen LogP contribution in [-0.2, 0) is 0 Å². The van der Waals surface area contributed by atoms with Gasteiger partial charge >= 0.3 is 0 Å². The van der Waals surface area contributed by atoms with Crippen molar-refractivity contribution in [1.82, 2.24) is 0 Å². The number of nitrogens with two attached hydrogens (primary N) is 1. The molecular formula is C14H15ClFNOS. The smallest absolute Gasteiger partial charge is 0.123 e. The number of benzene rings is 1. The first-order valence-corrected chi connectivity index (χ1v) is 7.22. The molecule has 2 rings (SSSR count). The van der Waals surface area contributed by atoms with Gasteiger partial charge in [-0.3, -0.25) is 0 Å². The molecule has 2 aromatic rings. The summed E-state index contributed by atoms with van der Waals surface area (Å²) in [5.41, 5.74) is 6.61. The molecule has 1 aromatic carbocycles. The molecule has 1 atom stereocenters. The summed E-state index contributed by atoms with van der Waals surface area (Å²) in [6, 6.07) is 8.26. The summed E-state index contributed by atoms with van der Waals surface area (Å²) in [5, 5.41) is 0. The van der Waals surface area contributed by atoms with E-state index in [0.717, 1.165) is 10.4 Å². The fourth-order valence-electron chi connectivity index (χ4n) is 1.99. The molecular weight excluding hydrogens is 285 g/mol. The number of rotatable bonds is 5. The van der Waals surface area contributed by atoms with Crippen molar-refractivity contribution >= 4 is 22.9 Å². The molecule has 0 radical (unpaired) electrons. The molecule has 5 heteroatoms. The van der Waals surface area contributed by atoms with Crippen LogP contribution in [0.15, 0.2) is 30.3 Å². The molecule has 2 nitrogen and oxygen atoms in total. The van der Waals surface area contributed by atoms with E-state index in [0.29, 0.717) is 23.2 Å². The van der Waals surface area contributed by atoms with E-state index in [2.05, 4.69) is 0 Å². The molecule has 0 bridgehead atoms. The number of halogens is 2. The highest BCUT2D eigenvalue weighted by molar-refractivity contribution is 7.16. The lowest BCUT2D eigenvalue weighted by Crippen LogP contribution is -2.14. The zero-order valence-corrected chi connectivity index (χ0v) is 12.1. The van der Waals surface area contributed by atoms with Gasteiger partial charge in [0.25, 0.3) is 0 Å². The van der Waals surface area contributed by atoms with Crippen LogP contribution < -0.4 is 10.5 Å². The molecule has 0 spiro atoms. The largest absolute Gasteiger partial charge is 0.494 e. The normalized spacial score (nSPS) is 12.4. The second-order valence-electron chi connectivity index (χ2n) is 4.05. The van der Waals surface area contributed by atoms with Gasteiger partial charge in [-0.05, 0) is 37.3 Å². The lowest BCUT2D eigenvalue weighted by molar-refractivity contribution is 0.334. The van der Waals surface area contributed by atoms with E-state index in [9.17, 15) is 4.39 Å². The lowest BCUT2D eigenvalue weighted by atomic mass is 9.96. The first kappa shape index (κ1) is 14.3. The van der Waals surface area contributed by atoms with Gasteiger partial charge in [0.05, 0.1) is 10.9 Å². The third-order valence-corrected chi connectivity index (χ3v) is 4.17. The average molecular weight is 300 g/mol. The summed E-state index contributed by atoms with van der Waals surface area (Å²) in [4.78, 5) is 1.01. The summed E-state index contributed by atoms with van der Waals surface area (Å²) in [6.07, 6.45) is 0. The minimum Gasteiger partial charge on any atom is -0.494 e. The van der Waals surface area contributed by atoms with Crippen LogP contribution in [0.4, 0.5) is 4.39 Å². The van der Waals surface area contributed by atoms with Gasteiger partial charge in [0, 0.05) is 22.9 Å². The topological polar surface area (TPSA) is 35.2 Å². The number of ether oxygens (including phenoxy) is 1. The van der Waals surface area contributed by atoms with Crippen LogP contribution in [-0.4, -0.2) is 13.2 Å². The Morgan fingerprint density at radius 1 is 1.37 bits per heavy atom. The average Bonchev–Trinajstić information content (AvgIpc) is 2.80. The van der Waals surface area contributed by atoms with E-state index < -0.39 is 0 Å². The van der Waals surface area contributed by atoms with E-state index in [1.54, 1.807) is 6.07 Å². The highest BCUT2D eigenvalue weighted by Crippen LogP contribution is 2.36. The van der Waals surface area contributed by atoms with E-state index in [4.69, 9.17) is 22.1 Å². The van der Waals surface area contributed by atoms with Gasteiger partial charge in [-0.1, -0.05) is 11.6 Å². The van der Waals surface area contributed by atoms with Crippen molar-refractivity contribution in [2.24, 2.45) is 5.73 Å². The molecule has 19 heavy (non-hydrogen) atoms. The van der Waals surface area contributed by atoms with Crippen molar-refractivity contribution in [2.45, 2.75) is 12.8 Å². The maximum Gasteiger partial charge on any atom is 0.123 e. The second-order valence-corrected chi connectivity index (χ2v) is 5.79. The Balaban J connectivity index is 2.44. The Morgan fingerprint density at radius 2 is 2.16 bits per heavy atom. The van der Waals surface area contributed by atoms with Gasteiger partial charge < -0.3 is 10.5 Å². The summed E-state index contributed by atoms with van der Waals surface area (Å²) in [7, 11) is 0. The van der Waals surface area contributed by atoms with Gasteiger partial charge in [-0.25, -0.2) is 4.39 Å². The predicted octanol–water partition coefficient (Wildman–Crippen LogP) is 4.03. The standard InChI is InChI=1S/C14H15ClFNOS/c1-2-18-12-4-3-9(16)7-10(12)11(8-17)13-5-6-14(15)19-13/h3-7,11H,2,8,17H2,1H3. The lowest BCUT2D eigenvalue weighted by Gasteiger charge is -2.18. The van der Waals surface area contributed by atoms with Crippen LogP contribution in [0.1, 0.15) is 23.3 Å². The molecule has 1 aromatic heterocycles. The van der Waals surface area contributed by atoms with Crippen molar-refractivity contribution in [2.75, 3.05) is 13.2 Å². The van der Waals surface area contributed by atoms with E-state index in [1.165, 1.54) is 23.5 Å². The third kappa shape index (κ3) is 3.26. The molecule has 2 N–H and O–H groups in total. The van der Waals surface area contributed by atoms with Crippen LogP contribution in [0.5, 0.6) is 5.75 Å². The Hall–Kier alpha value is -1.10. The zero-order chi connectivity index (χ0) is 13.8. The zero-order valence-electron chi connectivity index (χ0n) is 10.5. The molecule has 1 unspecified atom stereocenters. The van der Waals surface area contributed by atoms with E-state index in [-0.39, 0.29) is 11.7 Å². The minimum absolute atomic E-state index is 0.102. The van der Waals surface area contributed by atoms with Crippen LogP contribution in [0.3, 0.4) is 0 Å². The van der Waals surface area contributed by atoms with Crippen molar-refractivity contribution in [3.05, 3.63) is 50.9 Å². The van der Waals surface area contributed by atoms with Gasteiger partial charge in [-0.15, -0.1) is 11.3 Å². The molecule has 0 aliphatic rings. The predicted molar refractivity (Wildman–Crippen MR) is 77.8 cm³/mol. The van der Waals surface area contributed by atoms with E-state index >= 15 is 0 Å². The van der Waals surface area contributed by atoms with Crippen LogP contribution >= 0.6 is 22.9 Å². The van der Waals surface area contributed by atoms with E-state index in [1.807, 2.05) is 19.1 Å². The molecule has 0 aliphatic carbocycles. The fraction of sp³-hybridized carbons (Fsp3) is 0.286. The minimum atomic E-state index is -0.292. The summed E-state index contributed by atoms with van der Waals surface area (Å²) < 4.78 is 19.7. The SMILES string of the molecule is CCOc1ccc(F)cc1C(CN)c1ccc(Cl)s1. The number of hydrogen-bond donors (Lipinski definition) is 1. The molecule has 102 valence electrons. The fourth-order valence-corrected chi connectivity index (χ4v) is 3.18. The molecule has 0 fully saturated rings. The van der Waals surface area contributed by atoms with Gasteiger partial charge in [0.2, 0.25) is 0 Å². The first-order chi connectivity index (χ1) is 9.15. The van der Waals surface area contributed by atoms with Crippen molar-refractivity contribution in [1.29, 1.82) is 0 Å². The monoisotopic (exact) mass is 299 g/mol. The van der Waals surface area contributed by atoms with Gasteiger partial charge in [-0.2, -0.15) is 0 Å². The Bertz CT molecular complexity index is 558. The maximum atomic E-state index is 13.5. The second kappa shape index (κ2) is 6.37. The molecule has 0 amide bonds. The summed E-state index contributed by atoms with van der Waals surface area (Å²) in [5.74, 6) is 0.276. The van der Waals surface area contributed by atoms with Crippen molar-refractivity contribution < 1.29 is 9.13 Å². The first-order valence-electron chi connectivity index (χ1n) is 6.03. The summed E-state index contributed by atoms with van der Waals surface area (Å²) >= 11 is 7.41. The highest BCUT2D eigenvalue weighted by Gasteiger charge is 2.19. The quantitative estimate of drug-likeness (QED) is 0.904. The molecule has 0 saturated heterocycles. The van der Waals surface area contributed by atoms with Gasteiger partial charge in [0.1, 0.15) is 11.6 Å². The Kier molecular flexibility index (Phi) is 4.80. The summed E-state index contributed by atoms with van der Waals surface area (Å²) in [6.45, 7) is 2.80. The Morgan fingerprint density at radius 3 is 2.74 bits per heavy atom. The van der Waals surface area contributed by atoms with Crippen LogP contribution in [0.25, 0.3) is 0 Å². The van der Waals surface area contributed by atoms with Crippen molar-refractivity contribution in [3.8, 4) is 5.75 Å². The highest BCUT2D eigenvalue weighted by atomic mass is 35.5. The molecule has 1 heterocycles. The third-order valence-electron chi connectivity index (χ3n) is 2.82. The van der Waals surface area contributed by atoms with Gasteiger partial charge in [0.15, 0.2) is 0 Å².